The summed E-state index contributed by atoms with van der Waals surface area (Å²) in [5.74, 6) is 0.643. The summed E-state index contributed by atoms with van der Waals surface area (Å²) in [5.41, 5.74) is 4.47. The Morgan fingerprint density at radius 2 is 1.66 bits per heavy atom. The molecule has 0 atom stereocenters. The Bertz CT molecular complexity index is 921. The molecule has 0 saturated heterocycles. The lowest BCUT2D eigenvalue weighted by Gasteiger charge is -2.13. The minimum atomic E-state index is -0.180. The Kier molecular flexibility index (Phi) is 6.68. The van der Waals surface area contributed by atoms with Crippen molar-refractivity contribution in [3.63, 3.8) is 0 Å². The molecule has 0 saturated carbocycles. The van der Waals surface area contributed by atoms with Crippen molar-refractivity contribution >= 4 is 23.0 Å². The lowest BCUT2D eigenvalue weighted by molar-refractivity contribution is 0.0949. The molecule has 0 spiro atoms. The number of amides is 1. The molecule has 2 N–H and O–H groups in total. The second kappa shape index (κ2) is 9.59. The van der Waals surface area contributed by atoms with Gasteiger partial charge in [-0.25, -0.2) is 4.98 Å². The number of ether oxygens (including phenoxy) is 1. The highest BCUT2D eigenvalue weighted by Gasteiger charge is 2.07. The van der Waals surface area contributed by atoms with Gasteiger partial charge in [0.05, 0.1) is 19.0 Å². The normalized spacial score (nSPS) is 10.3. The van der Waals surface area contributed by atoms with Crippen LogP contribution in [-0.2, 0) is 6.42 Å². The highest BCUT2D eigenvalue weighted by molar-refractivity contribution is 5.92. The summed E-state index contributed by atoms with van der Waals surface area (Å²) in [6, 6.07) is 19.5. The van der Waals surface area contributed by atoms with E-state index < -0.39 is 0 Å². The lowest BCUT2D eigenvalue weighted by atomic mass is 10.1. The van der Waals surface area contributed by atoms with Gasteiger partial charge in [0.25, 0.3) is 5.91 Å². The minimum Gasteiger partial charge on any atom is -0.497 e. The number of hydrogen-bond donors (Lipinski definition) is 2. The van der Waals surface area contributed by atoms with E-state index in [1.54, 1.807) is 19.4 Å². The van der Waals surface area contributed by atoms with Crippen molar-refractivity contribution in [3.05, 3.63) is 78.1 Å². The first-order chi connectivity index (χ1) is 14.0. The molecule has 3 aromatic rings. The second-order valence-corrected chi connectivity index (χ2v) is 6.85. The van der Waals surface area contributed by atoms with Crippen LogP contribution in [0.2, 0.25) is 0 Å². The van der Waals surface area contributed by atoms with E-state index >= 15 is 0 Å². The molecule has 0 aliphatic rings. The standard InChI is InChI=1S/C23H26N4O2/c1-27(2)20-9-6-18(7-10-20)26-19-8-13-22(25-16-19)23(28)24-15-14-17-4-11-21(29-3)12-5-17/h4-13,16,26H,14-15H2,1-3H3,(H,24,28). The highest BCUT2D eigenvalue weighted by atomic mass is 16.5. The fourth-order valence-corrected chi connectivity index (χ4v) is 2.81. The average molecular weight is 390 g/mol. The molecule has 2 aromatic carbocycles. The van der Waals surface area contributed by atoms with Crippen LogP contribution in [0.15, 0.2) is 66.9 Å². The zero-order valence-electron chi connectivity index (χ0n) is 17.0. The molecular formula is C23H26N4O2. The SMILES string of the molecule is COc1ccc(CCNC(=O)c2ccc(Nc3ccc(N(C)C)cc3)cn2)cc1. The maximum Gasteiger partial charge on any atom is 0.269 e. The lowest BCUT2D eigenvalue weighted by Crippen LogP contribution is -2.26. The summed E-state index contributed by atoms with van der Waals surface area (Å²) < 4.78 is 5.15. The maximum atomic E-state index is 12.3. The molecule has 1 heterocycles. The van der Waals surface area contributed by atoms with Crippen LogP contribution < -0.4 is 20.3 Å². The van der Waals surface area contributed by atoms with Crippen molar-refractivity contribution in [2.45, 2.75) is 6.42 Å². The fraction of sp³-hybridized carbons (Fsp3) is 0.217. The van der Waals surface area contributed by atoms with Crippen molar-refractivity contribution < 1.29 is 9.53 Å². The van der Waals surface area contributed by atoms with Gasteiger partial charge in [0.15, 0.2) is 0 Å². The summed E-state index contributed by atoms with van der Waals surface area (Å²) in [4.78, 5) is 18.6. The monoisotopic (exact) mass is 390 g/mol. The van der Waals surface area contributed by atoms with E-state index in [9.17, 15) is 4.79 Å². The van der Waals surface area contributed by atoms with Crippen LogP contribution in [0.25, 0.3) is 0 Å². The van der Waals surface area contributed by atoms with E-state index in [0.717, 1.165) is 34.8 Å². The third-order valence-corrected chi connectivity index (χ3v) is 4.53. The summed E-state index contributed by atoms with van der Waals surface area (Å²) in [6.07, 6.45) is 2.41. The van der Waals surface area contributed by atoms with Gasteiger partial charge in [-0.2, -0.15) is 0 Å². The van der Waals surface area contributed by atoms with Gasteiger partial charge in [-0.3, -0.25) is 4.79 Å². The van der Waals surface area contributed by atoms with Gasteiger partial charge in [0.2, 0.25) is 0 Å². The highest BCUT2D eigenvalue weighted by Crippen LogP contribution is 2.19. The third kappa shape index (κ3) is 5.72. The molecule has 0 fully saturated rings. The molecule has 0 bridgehead atoms. The zero-order valence-corrected chi connectivity index (χ0v) is 17.0. The summed E-state index contributed by atoms with van der Waals surface area (Å²) in [6.45, 7) is 0.547. The second-order valence-electron chi connectivity index (χ2n) is 6.85. The maximum absolute atomic E-state index is 12.3. The molecule has 1 amide bonds. The Balaban J connectivity index is 1.50. The van der Waals surface area contributed by atoms with Crippen LogP contribution >= 0.6 is 0 Å². The minimum absolute atomic E-state index is 0.180. The van der Waals surface area contributed by atoms with Crippen LogP contribution in [0.1, 0.15) is 16.1 Å². The predicted octanol–water partition coefficient (Wildman–Crippen LogP) is 3.87. The van der Waals surface area contributed by atoms with E-state index in [1.165, 1.54) is 0 Å². The van der Waals surface area contributed by atoms with Crippen molar-refractivity contribution in [2.24, 2.45) is 0 Å². The van der Waals surface area contributed by atoms with Gasteiger partial charge in [0, 0.05) is 32.0 Å². The predicted molar refractivity (Wildman–Crippen MR) is 117 cm³/mol. The first-order valence-electron chi connectivity index (χ1n) is 9.47. The van der Waals surface area contributed by atoms with Gasteiger partial charge in [-0.05, 0) is 60.5 Å². The smallest absolute Gasteiger partial charge is 0.269 e. The number of benzene rings is 2. The number of hydrogen-bond acceptors (Lipinski definition) is 5. The third-order valence-electron chi connectivity index (χ3n) is 4.53. The summed E-state index contributed by atoms with van der Waals surface area (Å²) >= 11 is 0. The number of nitrogens with zero attached hydrogens (tertiary/aromatic N) is 2. The molecule has 0 aliphatic carbocycles. The molecule has 150 valence electrons. The van der Waals surface area contributed by atoms with E-state index in [0.29, 0.717) is 12.2 Å². The molecule has 6 nitrogen and oxygen atoms in total. The largest absolute Gasteiger partial charge is 0.497 e. The Labute approximate surface area is 171 Å². The molecule has 0 aliphatic heterocycles. The number of anilines is 3. The van der Waals surface area contributed by atoms with Crippen molar-refractivity contribution in [3.8, 4) is 5.75 Å². The van der Waals surface area contributed by atoms with Crippen LogP contribution in [0, 0.1) is 0 Å². The van der Waals surface area contributed by atoms with Gasteiger partial charge in [-0.1, -0.05) is 12.1 Å². The van der Waals surface area contributed by atoms with Crippen molar-refractivity contribution in [2.75, 3.05) is 38.0 Å². The number of pyridine rings is 1. The summed E-state index contributed by atoms with van der Waals surface area (Å²) in [5, 5.41) is 6.19. The molecule has 29 heavy (non-hydrogen) atoms. The number of rotatable bonds is 8. The fourth-order valence-electron chi connectivity index (χ4n) is 2.81. The van der Waals surface area contributed by atoms with Gasteiger partial charge in [0.1, 0.15) is 11.4 Å². The molecule has 3 rings (SSSR count). The van der Waals surface area contributed by atoms with Crippen LogP contribution in [-0.4, -0.2) is 38.6 Å². The Morgan fingerprint density at radius 1 is 0.966 bits per heavy atom. The van der Waals surface area contributed by atoms with Crippen molar-refractivity contribution in [1.29, 1.82) is 0 Å². The number of nitrogens with one attached hydrogen (secondary N) is 2. The first kappa shape index (κ1) is 20.2. The van der Waals surface area contributed by atoms with E-state index in [4.69, 9.17) is 4.74 Å². The number of carbonyl (C=O) groups is 1. The van der Waals surface area contributed by atoms with Gasteiger partial charge < -0.3 is 20.3 Å². The first-order valence-corrected chi connectivity index (χ1v) is 9.47. The Morgan fingerprint density at radius 3 is 2.24 bits per heavy atom. The average Bonchev–Trinajstić information content (AvgIpc) is 2.75. The van der Waals surface area contributed by atoms with Crippen LogP contribution in [0.5, 0.6) is 5.75 Å². The number of carbonyl (C=O) groups excluding carboxylic acids is 1. The molecule has 1 aromatic heterocycles. The van der Waals surface area contributed by atoms with Crippen LogP contribution in [0.3, 0.4) is 0 Å². The van der Waals surface area contributed by atoms with Crippen molar-refractivity contribution in [1.82, 2.24) is 10.3 Å². The molecule has 0 radical (unpaired) electrons. The van der Waals surface area contributed by atoms with Gasteiger partial charge in [-0.15, -0.1) is 0 Å². The number of methoxy groups -OCH3 is 1. The topological polar surface area (TPSA) is 66.5 Å². The quantitative estimate of drug-likeness (QED) is 0.611. The molecule has 0 unspecified atom stereocenters. The summed E-state index contributed by atoms with van der Waals surface area (Å²) in [7, 11) is 5.66. The van der Waals surface area contributed by atoms with E-state index in [1.807, 2.05) is 73.6 Å². The van der Waals surface area contributed by atoms with Gasteiger partial charge >= 0.3 is 0 Å². The zero-order chi connectivity index (χ0) is 20.6. The van der Waals surface area contributed by atoms with Crippen LogP contribution in [0.4, 0.5) is 17.1 Å². The number of aromatic nitrogens is 1. The molecular weight excluding hydrogens is 364 g/mol. The Hall–Kier alpha value is -3.54. The van der Waals surface area contributed by atoms with E-state index in [-0.39, 0.29) is 5.91 Å². The van der Waals surface area contributed by atoms with E-state index in [2.05, 4.69) is 15.6 Å². The molecule has 6 heteroatoms.